The minimum absolute atomic E-state index is 0.0642. The van der Waals surface area contributed by atoms with Crippen molar-refractivity contribution in [3.8, 4) is 28.6 Å². The summed E-state index contributed by atoms with van der Waals surface area (Å²) in [5.41, 5.74) is 1.92. The van der Waals surface area contributed by atoms with Crippen LogP contribution in [-0.2, 0) is 16.8 Å². The second kappa shape index (κ2) is 9.51. The first kappa shape index (κ1) is 22.1. The molecule has 1 N–H and O–H groups in total. The molecular formula is C23H27N3O5. The minimum atomic E-state index is -0.290. The van der Waals surface area contributed by atoms with Crippen molar-refractivity contribution in [1.82, 2.24) is 15.5 Å². The first-order valence-corrected chi connectivity index (χ1v) is 9.85. The molecule has 0 radical (unpaired) electrons. The number of carbonyl (C=O) groups excluding carboxylic acids is 1. The van der Waals surface area contributed by atoms with Crippen molar-refractivity contribution in [2.75, 3.05) is 20.8 Å². The van der Waals surface area contributed by atoms with Gasteiger partial charge in [0.05, 0.1) is 26.3 Å². The van der Waals surface area contributed by atoms with Gasteiger partial charge in [-0.2, -0.15) is 4.98 Å². The fourth-order valence-electron chi connectivity index (χ4n) is 2.84. The highest BCUT2D eigenvalue weighted by atomic mass is 16.5. The van der Waals surface area contributed by atoms with E-state index in [4.69, 9.17) is 18.7 Å². The number of aromatic nitrogens is 2. The maximum atomic E-state index is 12.1. The van der Waals surface area contributed by atoms with E-state index in [1.807, 2.05) is 24.3 Å². The van der Waals surface area contributed by atoms with E-state index in [0.717, 1.165) is 0 Å². The van der Waals surface area contributed by atoms with Crippen molar-refractivity contribution in [2.45, 2.75) is 32.7 Å². The molecular weight excluding hydrogens is 398 g/mol. The summed E-state index contributed by atoms with van der Waals surface area (Å²) >= 11 is 0. The van der Waals surface area contributed by atoms with Crippen molar-refractivity contribution in [1.29, 1.82) is 0 Å². The minimum Gasteiger partial charge on any atom is -0.497 e. The maximum Gasteiger partial charge on any atom is 0.258 e. The molecule has 0 bridgehead atoms. The molecule has 0 spiro atoms. The van der Waals surface area contributed by atoms with Crippen LogP contribution < -0.4 is 19.5 Å². The number of ether oxygens (including phenoxy) is 3. The van der Waals surface area contributed by atoms with Crippen LogP contribution in [0.4, 0.5) is 0 Å². The number of amides is 1. The molecule has 8 heteroatoms. The first-order valence-electron chi connectivity index (χ1n) is 9.85. The fourth-order valence-corrected chi connectivity index (χ4v) is 2.84. The smallest absolute Gasteiger partial charge is 0.258 e. The largest absolute Gasteiger partial charge is 0.497 e. The second-order valence-corrected chi connectivity index (χ2v) is 7.92. The Balaban J connectivity index is 1.53. The number of nitrogens with one attached hydrogen (secondary N) is 1. The van der Waals surface area contributed by atoms with E-state index in [-0.39, 0.29) is 30.4 Å². The molecule has 0 aliphatic rings. The van der Waals surface area contributed by atoms with E-state index in [9.17, 15) is 4.79 Å². The molecule has 0 saturated heterocycles. The Bertz CT molecular complexity index is 1020. The molecule has 0 aliphatic heterocycles. The van der Waals surface area contributed by atoms with Crippen LogP contribution in [0.25, 0.3) is 11.4 Å². The van der Waals surface area contributed by atoms with Gasteiger partial charge >= 0.3 is 0 Å². The van der Waals surface area contributed by atoms with Gasteiger partial charge in [0.15, 0.2) is 6.61 Å². The summed E-state index contributed by atoms with van der Waals surface area (Å²) in [5.74, 6) is 2.19. The van der Waals surface area contributed by atoms with E-state index < -0.39 is 0 Å². The second-order valence-electron chi connectivity index (χ2n) is 7.92. The Kier molecular flexibility index (Phi) is 6.79. The predicted molar refractivity (Wildman–Crippen MR) is 115 cm³/mol. The average Bonchev–Trinajstić information content (AvgIpc) is 3.24. The Morgan fingerprint density at radius 3 is 2.39 bits per heavy atom. The van der Waals surface area contributed by atoms with Crippen LogP contribution in [0.2, 0.25) is 0 Å². The van der Waals surface area contributed by atoms with Crippen molar-refractivity contribution in [3.63, 3.8) is 0 Å². The SMILES string of the molecule is COc1ccc(-c2noc(CNC(=O)COc3ccc(C(C)(C)C)cc3)n2)c(OC)c1. The normalized spacial score (nSPS) is 11.1. The van der Waals surface area contributed by atoms with Crippen molar-refractivity contribution in [2.24, 2.45) is 0 Å². The molecule has 8 nitrogen and oxygen atoms in total. The van der Waals surface area contributed by atoms with E-state index in [2.05, 4.69) is 36.2 Å². The topological polar surface area (TPSA) is 95.7 Å². The molecule has 31 heavy (non-hydrogen) atoms. The van der Waals surface area contributed by atoms with Gasteiger partial charge in [-0.15, -0.1) is 0 Å². The molecule has 0 unspecified atom stereocenters. The monoisotopic (exact) mass is 425 g/mol. The first-order chi connectivity index (χ1) is 14.8. The molecule has 3 aromatic rings. The molecule has 1 heterocycles. The van der Waals surface area contributed by atoms with Gasteiger partial charge in [0, 0.05) is 6.07 Å². The van der Waals surface area contributed by atoms with Crippen molar-refractivity contribution in [3.05, 3.63) is 53.9 Å². The average molecular weight is 425 g/mol. The fraction of sp³-hybridized carbons (Fsp3) is 0.348. The van der Waals surface area contributed by atoms with Crippen molar-refractivity contribution < 1.29 is 23.5 Å². The van der Waals surface area contributed by atoms with Crippen LogP contribution in [0.3, 0.4) is 0 Å². The number of hydrogen-bond donors (Lipinski definition) is 1. The summed E-state index contributed by atoms with van der Waals surface area (Å²) in [4.78, 5) is 16.4. The summed E-state index contributed by atoms with van der Waals surface area (Å²) in [6.45, 7) is 6.41. The Morgan fingerprint density at radius 2 is 1.74 bits per heavy atom. The van der Waals surface area contributed by atoms with Crippen LogP contribution in [0.5, 0.6) is 17.2 Å². The van der Waals surface area contributed by atoms with Gasteiger partial charge in [0.1, 0.15) is 17.2 Å². The molecule has 164 valence electrons. The summed E-state index contributed by atoms with van der Waals surface area (Å²) in [6, 6.07) is 13.0. The highest BCUT2D eigenvalue weighted by Gasteiger charge is 2.16. The van der Waals surface area contributed by atoms with E-state index >= 15 is 0 Å². The molecule has 0 aliphatic carbocycles. The van der Waals surface area contributed by atoms with Crippen LogP contribution in [-0.4, -0.2) is 36.9 Å². The molecule has 0 saturated carbocycles. The quantitative estimate of drug-likeness (QED) is 0.587. The third-order valence-corrected chi connectivity index (χ3v) is 4.64. The molecule has 0 fully saturated rings. The highest BCUT2D eigenvalue weighted by Crippen LogP contribution is 2.31. The van der Waals surface area contributed by atoms with Crippen LogP contribution in [0.15, 0.2) is 47.0 Å². The third kappa shape index (κ3) is 5.75. The zero-order valence-electron chi connectivity index (χ0n) is 18.4. The highest BCUT2D eigenvalue weighted by molar-refractivity contribution is 5.77. The van der Waals surface area contributed by atoms with Gasteiger partial charge in [0.25, 0.3) is 5.91 Å². The molecule has 3 rings (SSSR count). The standard InChI is InChI=1S/C23H27N3O5/c1-23(2,3)15-6-8-16(9-7-15)30-14-20(27)24-13-21-25-22(26-31-21)18-11-10-17(28-4)12-19(18)29-5/h6-12H,13-14H2,1-5H3,(H,24,27). The van der Waals surface area contributed by atoms with Crippen LogP contribution in [0.1, 0.15) is 32.2 Å². The third-order valence-electron chi connectivity index (χ3n) is 4.64. The maximum absolute atomic E-state index is 12.1. The van der Waals surface area contributed by atoms with Crippen LogP contribution in [0, 0.1) is 0 Å². The van der Waals surface area contributed by atoms with Gasteiger partial charge in [-0.25, -0.2) is 0 Å². The number of hydrogen-bond acceptors (Lipinski definition) is 7. The zero-order valence-corrected chi connectivity index (χ0v) is 18.4. The van der Waals surface area contributed by atoms with E-state index in [1.54, 1.807) is 32.4 Å². The lowest BCUT2D eigenvalue weighted by atomic mass is 9.87. The Morgan fingerprint density at radius 1 is 1.03 bits per heavy atom. The number of nitrogens with zero attached hydrogens (tertiary/aromatic N) is 2. The van der Waals surface area contributed by atoms with Gasteiger partial charge < -0.3 is 24.1 Å². The van der Waals surface area contributed by atoms with Crippen molar-refractivity contribution >= 4 is 5.91 Å². The summed E-state index contributed by atoms with van der Waals surface area (Å²) < 4.78 is 21.3. The zero-order chi connectivity index (χ0) is 22.4. The van der Waals surface area contributed by atoms with Gasteiger partial charge in [-0.05, 0) is 35.2 Å². The number of rotatable bonds is 8. The summed E-state index contributed by atoms with van der Waals surface area (Å²) in [5, 5.41) is 6.67. The molecule has 1 amide bonds. The lowest BCUT2D eigenvalue weighted by Gasteiger charge is -2.19. The van der Waals surface area contributed by atoms with Gasteiger partial charge in [-0.1, -0.05) is 38.1 Å². The predicted octanol–water partition coefficient (Wildman–Crippen LogP) is 3.75. The van der Waals surface area contributed by atoms with Crippen LogP contribution >= 0.6 is 0 Å². The lowest BCUT2D eigenvalue weighted by molar-refractivity contribution is -0.123. The number of benzene rings is 2. The number of carbonyl (C=O) groups is 1. The molecule has 0 atom stereocenters. The Hall–Kier alpha value is -3.55. The Labute approximate surface area is 181 Å². The van der Waals surface area contributed by atoms with Gasteiger partial charge in [0.2, 0.25) is 11.7 Å². The summed E-state index contributed by atoms with van der Waals surface area (Å²) in [6.07, 6.45) is 0. The summed E-state index contributed by atoms with van der Waals surface area (Å²) in [7, 11) is 3.13. The molecule has 2 aromatic carbocycles. The number of methoxy groups -OCH3 is 2. The molecule has 1 aromatic heterocycles. The van der Waals surface area contributed by atoms with E-state index in [1.165, 1.54) is 5.56 Å². The lowest BCUT2D eigenvalue weighted by Crippen LogP contribution is -2.28. The van der Waals surface area contributed by atoms with Gasteiger partial charge in [-0.3, -0.25) is 4.79 Å². The van der Waals surface area contributed by atoms with E-state index in [0.29, 0.717) is 28.6 Å².